The second kappa shape index (κ2) is 5.61. The lowest BCUT2D eigenvalue weighted by atomic mass is 9.96. The van der Waals surface area contributed by atoms with E-state index in [1.165, 1.54) is 0 Å². The van der Waals surface area contributed by atoms with Gasteiger partial charge in [-0.25, -0.2) is 0 Å². The molecule has 20 heavy (non-hydrogen) atoms. The number of piperidine rings is 1. The van der Waals surface area contributed by atoms with Crippen molar-refractivity contribution in [2.24, 2.45) is 11.8 Å². The third-order valence-electron chi connectivity index (χ3n) is 3.96. The molecule has 0 aromatic carbocycles. The molecule has 1 unspecified atom stereocenters. The van der Waals surface area contributed by atoms with Crippen LogP contribution >= 0.6 is 0 Å². The Morgan fingerprint density at radius 3 is 2.80 bits per heavy atom. The highest BCUT2D eigenvalue weighted by atomic mass is 16.2. The van der Waals surface area contributed by atoms with Gasteiger partial charge in [-0.2, -0.15) is 0 Å². The number of nitrogens with zero attached hydrogens (tertiary/aromatic N) is 2. The van der Waals surface area contributed by atoms with Crippen LogP contribution in [-0.4, -0.2) is 34.8 Å². The molecule has 2 heterocycles. The van der Waals surface area contributed by atoms with E-state index in [4.69, 9.17) is 0 Å². The molecule has 2 amide bonds. The summed E-state index contributed by atoms with van der Waals surface area (Å²) in [4.78, 5) is 30.2. The SMILES string of the molecule is O=C(Nc1cccnc1)C1CCCN(C(=O)C2CC2)C1. The van der Waals surface area contributed by atoms with Crippen LogP contribution in [0.2, 0.25) is 0 Å². The molecule has 1 aliphatic carbocycles. The normalized spacial score (nSPS) is 22.4. The molecule has 1 N–H and O–H groups in total. The summed E-state index contributed by atoms with van der Waals surface area (Å²) in [6, 6.07) is 3.61. The largest absolute Gasteiger partial charge is 0.342 e. The highest BCUT2D eigenvalue weighted by molar-refractivity contribution is 5.93. The lowest BCUT2D eigenvalue weighted by Gasteiger charge is -2.32. The van der Waals surface area contributed by atoms with E-state index in [0.29, 0.717) is 12.2 Å². The number of anilines is 1. The van der Waals surface area contributed by atoms with Crippen LogP contribution in [0, 0.1) is 11.8 Å². The Hall–Kier alpha value is -1.91. The van der Waals surface area contributed by atoms with Crippen LogP contribution in [0.3, 0.4) is 0 Å². The summed E-state index contributed by atoms with van der Waals surface area (Å²) in [5.41, 5.74) is 0.711. The maximum atomic E-state index is 12.2. The maximum absolute atomic E-state index is 12.2. The molecule has 106 valence electrons. The van der Waals surface area contributed by atoms with Gasteiger partial charge in [-0.1, -0.05) is 0 Å². The maximum Gasteiger partial charge on any atom is 0.229 e. The van der Waals surface area contributed by atoms with E-state index in [9.17, 15) is 9.59 Å². The summed E-state index contributed by atoms with van der Waals surface area (Å²) in [5, 5.41) is 2.88. The van der Waals surface area contributed by atoms with Crippen molar-refractivity contribution in [2.45, 2.75) is 25.7 Å². The van der Waals surface area contributed by atoms with Crippen molar-refractivity contribution in [1.29, 1.82) is 0 Å². The number of nitrogens with one attached hydrogen (secondary N) is 1. The van der Waals surface area contributed by atoms with Crippen molar-refractivity contribution >= 4 is 17.5 Å². The Balaban J connectivity index is 1.58. The monoisotopic (exact) mass is 273 g/mol. The summed E-state index contributed by atoms with van der Waals surface area (Å²) in [6.07, 6.45) is 7.09. The first-order chi connectivity index (χ1) is 9.74. The van der Waals surface area contributed by atoms with E-state index in [-0.39, 0.29) is 23.7 Å². The molecule has 0 spiro atoms. The van der Waals surface area contributed by atoms with Crippen LogP contribution in [0.15, 0.2) is 24.5 Å². The van der Waals surface area contributed by atoms with Gasteiger partial charge in [-0.05, 0) is 37.8 Å². The zero-order valence-corrected chi connectivity index (χ0v) is 11.4. The van der Waals surface area contributed by atoms with Gasteiger partial charge in [0.15, 0.2) is 0 Å². The van der Waals surface area contributed by atoms with Crippen LogP contribution < -0.4 is 5.32 Å². The molecular weight excluding hydrogens is 254 g/mol. The second-order valence-corrected chi connectivity index (χ2v) is 5.63. The Bertz CT molecular complexity index is 499. The van der Waals surface area contributed by atoms with E-state index in [1.807, 2.05) is 11.0 Å². The van der Waals surface area contributed by atoms with Crippen molar-refractivity contribution in [2.75, 3.05) is 18.4 Å². The fourth-order valence-corrected chi connectivity index (χ4v) is 2.66. The van der Waals surface area contributed by atoms with Gasteiger partial charge in [0.25, 0.3) is 0 Å². The first-order valence-corrected chi connectivity index (χ1v) is 7.24. The van der Waals surface area contributed by atoms with E-state index >= 15 is 0 Å². The minimum atomic E-state index is -0.105. The molecular formula is C15H19N3O2. The Morgan fingerprint density at radius 2 is 2.10 bits per heavy atom. The molecule has 5 nitrogen and oxygen atoms in total. The van der Waals surface area contributed by atoms with E-state index in [1.54, 1.807) is 18.5 Å². The quantitative estimate of drug-likeness (QED) is 0.911. The molecule has 1 atom stereocenters. The number of carbonyl (C=O) groups is 2. The van der Waals surface area contributed by atoms with Crippen LogP contribution in [0.4, 0.5) is 5.69 Å². The molecule has 3 rings (SSSR count). The zero-order valence-electron chi connectivity index (χ0n) is 11.4. The minimum absolute atomic E-state index is 0.00806. The Labute approximate surface area is 118 Å². The molecule has 0 radical (unpaired) electrons. The number of hydrogen-bond donors (Lipinski definition) is 1. The van der Waals surface area contributed by atoms with Crippen molar-refractivity contribution in [3.8, 4) is 0 Å². The summed E-state index contributed by atoms with van der Waals surface area (Å²) in [7, 11) is 0. The van der Waals surface area contributed by atoms with E-state index in [2.05, 4.69) is 10.3 Å². The van der Waals surface area contributed by atoms with Crippen LogP contribution in [-0.2, 0) is 9.59 Å². The average Bonchev–Trinajstić information content (AvgIpc) is 3.32. The smallest absolute Gasteiger partial charge is 0.229 e. The van der Waals surface area contributed by atoms with Crippen molar-refractivity contribution < 1.29 is 9.59 Å². The number of likely N-dealkylation sites (tertiary alicyclic amines) is 1. The molecule has 1 saturated heterocycles. The molecule has 1 aromatic heterocycles. The first-order valence-electron chi connectivity index (χ1n) is 7.24. The number of rotatable bonds is 3. The predicted octanol–water partition coefficient (Wildman–Crippen LogP) is 1.67. The van der Waals surface area contributed by atoms with Crippen LogP contribution in [0.25, 0.3) is 0 Å². The second-order valence-electron chi connectivity index (χ2n) is 5.63. The Morgan fingerprint density at radius 1 is 1.25 bits per heavy atom. The molecule has 1 aromatic rings. The standard InChI is InChI=1S/C15H19N3O2/c19-14(17-13-4-1-7-16-9-13)12-3-2-8-18(10-12)15(20)11-5-6-11/h1,4,7,9,11-12H,2-3,5-6,8,10H2,(H,17,19). The van der Waals surface area contributed by atoms with Crippen LogP contribution in [0.1, 0.15) is 25.7 Å². The van der Waals surface area contributed by atoms with Gasteiger partial charge >= 0.3 is 0 Å². The predicted molar refractivity (Wildman–Crippen MR) is 74.9 cm³/mol. The molecule has 2 aliphatic rings. The summed E-state index contributed by atoms with van der Waals surface area (Å²) in [6.45, 7) is 1.35. The fraction of sp³-hybridized carbons (Fsp3) is 0.533. The zero-order chi connectivity index (χ0) is 13.9. The van der Waals surface area contributed by atoms with Gasteiger partial charge in [-0.3, -0.25) is 14.6 Å². The third kappa shape index (κ3) is 2.98. The van der Waals surface area contributed by atoms with Gasteiger partial charge < -0.3 is 10.2 Å². The molecule has 5 heteroatoms. The van der Waals surface area contributed by atoms with Gasteiger partial charge in [0, 0.05) is 25.2 Å². The van der Waals surface area contributed by atoms with Crippen molar-refractivity contribution in [3.63, 3.8) is 0 Å². The van der Waals surface area contributed by atoms with Gasteiger partial charge in [-0.15, -0.1) is 0 Å². The van der Waals surface area contributed by atoms with Gasteiger partial charge in [0.05, 0.1) is 17.8 Å². The molecule has 2 fully saturated rings. The number of pyridine rings is 1. The van der Waals surface area contributed by atoms with E-state index < -0.39 is 0 Å². The lowest BCUT2D eigenvalue weighted by molar-refractivity contribution is -0.135. The lowest BCUT2D eigenvalue weighted by Crippen LogP contribution is -2.44. The van der Waals surface area contributed by atoms with E-state index in [0.717, 1.165) is 32.2 Å². The molecule has 0 bridgehead atoms. The highest BCUT2D eigenvalue weighted by Crippen LogP contribution is 2.32. The number of hydrogen-bond acceptors (Lipinski definition) is 3. The summed E-state index contributed by atoms with van der Waals surface area (Å²) in [5.74, 6) is 0.358. The first kappa shape index (κ1) is 13.1. The fourth-order valence-electron chi connectivity index (χ4n) is 2.66. The number of aromatic nitrogens is 1. The third-order valence-corrected chi connectivity index (χ3v) is 3.96. The number of carbonyl (C=O) groups excluding carboxylic acids is 2. The summed E-state index contributed by atoms with van der Waals surface area (Å²) < 4.78 is 0. The molecule has 1 saturated carbocycles. The van der Waals surface area contributed by atoms with Gasteiger partial charge in [0.1, 0.15) is 0 Å². The number of amides is 2. The summed E-state index contributed by atoms with van der Waals surface area (Å²) >= 11 is 0. The van der Waals surface area contributed by atoms with Crippen molar-refractivity contribution in [1.82, 2.24) is 9.88 Å². The minimum Gasteiger partial charge on any atom is -0.342 e. The Kier molecular flexibility index (Phi) is 3.67. The highest BCUT2D eigenvalue weighted by Gasteiger charge is 2.36. The van der Waals surface area contributed by atoms with Gasteiger partial charge in [0.2, 0.25) is 11.8 Å². The van der Waals surface area contributed by atoms with Crippen LogP contribution in [0.5, 0.6) is 0 Å². The average molecular weight is 273 g/mol. The van der Waals surface area contributed by atoms with Crippen molar-refractivity contribution in [3.05, 3.63) is 24.5 Å². The molecule has 1 aliphatic heterocycles. The topological polar surface area (TPSA) is 62.3 Å².